The zero-order chi connectivity index (χ0) is 13.7. The van der Waals surface area contributed by atoms with Gasteiger partial charge in [-0.3, -0.25) is 0 Å². The van der Waals surface area contributed by atoms with Crippen LogP contribution in [0.4, 0.5) is 0 Å². The standard InChI is InChI=1S/C14H18ClN3O/c1-11(9-18-6-5-16-10-18)17-8-12-7-13(15)3-4-14(12)19-2/h3-7,10-11,17H,8-9H2,1-2H3. The van der Waals surface area contributed by atoms with Gasteiger partial charge in [-0.2, -0.15) is 0 Å². The summed E-state index contributed by atoms with van der Waals surface area (Å²) in [5.74, 6) is 0.853. The summed E-state index contributed by atoms with van der Waals surface area (Å²) in [4.78, 5) is 4.03. The number of benzene rings is 1. The number of rotatable bonds is 6. The van der Waals surface area contributed by atoms with Gasteiger partial charge in [-0.25, -0.2) is 4.98 Å². The lowest BCUT2D eigenvalue weighted by atomic mass is 10.2. The van der Waals surface area contributed by atoms with E-state index in [9.17, 15) is 0 Å². The van der Waals surface area contributed by atoms with Gasteiger partial charge >= 0.3 is 0 Å². The monoisotopic (exact) mass is 279 g/mol. The van der Waals surface area contributed by atoms with Crippen molar-refractivity contribution in [1.82, 2.24) is 14.9 Å². The minimum absolute atomic E-state index is 0.331. The molecule has 0 saturated carbocycles. The Balaban J connectivity index is 1.92. The van der Waals surface area contributed by atoms with Crippen LogP contribution in [0.3, 0.4) is 0 Å². The van der Waals surface area contributed by atoms with Crippen molar-refractivity contribution in [2.75, 3.05) is 7.11 Å². The van der Waals surface area contributed by atoms with Crippen LogP contribution in [-0.2, 0) is 13.1 Å². The number of imidazole rings is 1. The second kappa shape index (κ2) is 6.59. The summed E-state index contributed by atoms with van der Waals surface area (Å²) in [6.45, 7) is 3.74. The molecule has 0 fully saturated rings. The largest absolute Gasteiger partial charge is 0.496 e. The molecule has 102 valence electrons. The third-order valence-corrected chi connectivity index (χ3v) is 3.16. The van der Waals surface area contributed by atoms with E-state index in [0.29, 0.717) is 6.04 Å². The molecule has 1 aromatic carbocycles. The normalized spacial score (nSPS) is 12.4. The molecule has 5 heteroatoms. The molecular formula is C14H18ClN3O. The molecule has 0 amide bonds. The van der Waals surface area contributed by atoms with E-state index >= 15 is 0 Å². The number of ether oxygens (including phenoxy) is 1. The van der Waals surface area contributed by atoms with Gasteiger partial charge in [-0.15, -0.1) is 0 Å². The van der Waals surface area contributed by atoms with Crippen LogP contribution >= 0.6 is 11.6 Å². The molecule has 1 atom stereocenters. The predicted octanol–water partition coefficient (Wildman–Crippen LogP) is 2.72. The Morgan fingerprint density at radius 3 is 3.00 bits per heavy atom. The van der Waals surface area contributed by atoms with E-state index in [4.69, 9.17) is 16.3 Å². The Bertz CT molecular complexity index is 513. The molecule has 0 radical (unpaired) electrons. The second-order valence-corrected chi connectivity index (χ2v) is 4.93. The van der Waals surface area contributed by atoms with E-state index in [2.05, 4.69) is 17.2 Å². The first-order valence-electron chi connectivity index (χ1n) is 6.20. The molecule has 0 bridgehead atoms. The van der Waals surface area contributed by atoms with Crippen LogP contribution in [0.5, 0.6) is 5.75 Å². The maximum atomic E-state index is 6.01. The molecule has 0 spiro atoms. The molecule has 1 N–H and O–H groups in total. The summed E-state index contributed by atoms with van der Waals surface area (Å²) >= 11 is 6.01. The fourth-order valence-corrected chi connectivity index (χ4v) is 2.14. The van der Waals surface area contributed by atoms with Crippen LogP contribution in [0, 0.1) is 0 Å². The fourth-order valence-electron chi connectivity index (χ4n) is 1.94. The van der Waals surface area contributed by atoms with Crippen LogP contribution in [0.2, 0.25) is 5.02 Å². The molecule has 1 unspecified atom stereocenters. The van der Waals surface area contributed by atoms with Gasteiger partial charge in [-0.1, -0.05) is 11.6 Å². The van der Waals surface area contributed by atoms with Crippen molar-refractivity contribution in [2.45, 2.75) is 26.1 Å². The molecule has 0 aliphatic carbocycles. The second-order valence-electron chi connectivity index (χ2n) is 4.50. The Morgan fingerprint density at radius 2 is 2.32 bits per heavy atom. The van der Waals surface area contributed by atoms with E-state index in [1.807, 2.05) is 35.3 Å². The molecule has 19 heavy (non-hydrogen) atoms. The molecule has 0 saturated heterocycles. The minimum Gasteiger partial charge on any atom is -0.496 e. The van der Waals surface area contributed by atoms with E-state index < -0.39 is 0 Å². The smallest absolute Gasteiger partial charge is 0.123 e. The molecular weight excluding hydrogens is 262 g/mol. The van der Waals surface area contributed by atoms with Crippen molar-refractivity contribution in [2.24, 2.45) is 0 Å². The molecule has 2 rings (SSSR count). The van der Waals surface area contributed by atoms with Crippen LogP contribution in [0.25, 0.3) is 0 Å². The van der Waals surface area contributed by atoms with Gasteiger partial charge in [0.25, 0.3) is 0 Å². The fraction of sp³-hybridized carbons (Fsp3) is 0.357. The van der Waals surface area contributed by atoms with Crippen LogP contribution in [0.15, 0.2) is 36.9 Å². The van der Waals surface area contributed by atoms with E-state index in [-0.39, 0.29) is 0 Å². The maximum absolute atomic E-state index is 6.01. The average Bonchev–Trinajstić information content (AvgIpc) is 2.89. The van der Waals surface area contributed by atoms with Gasteiger partial charge < -0.3 is 14.6 Å². The number of aromatic nitrogens is 2. The summed E-state index contributed by atoms with van der Waals surface area (Å²) < 4.78 is 7.37. The van der Waals surface area contributed by atoms with Crippen molar-refractivity contribution < 1.29 is 4.74 Å². The molecule has 1 heterocycles. The summed E-state index contributed by atoms with van der Waals surface area (Å²) in [5, 5.41) is 4.17. The van der Waals surface area contributed by atoms with Crippen molar-refractivity contribution in [3.05, 3.63) is 47.5 Å². The summed E-state index contributed by atoms with van der Waals surface area (Å²) in [5.41, 5.74) is 1.06. The highest BCUT2D eigenvalue weighted by Crippen LogP contribution is 2.22. The Morgan fingerprint density at radius 1 is 1.47 bits per heavy atom. The lowest BCUT2D eigenvalue weighted by molar-refractivity contribution is 0.403. The number of hydrogen-bond donors (Lipinski definition) is 1. The van der Waals surface area contributed by atoms with Gasteiger partial charge in [0.2, 0.25) is 0 Å². The zero-order valence-corrected chi connectivity index (χ0v) is 11.9. The van der Waals surface area contributed by atoms with E-state index in [1.54, 1.807) is 13.3 Å². The zero-order valence-electron chi connectivity index (χ0n) is 11.1. The number of methoxy groups -OCH3 is 1. The third kappa shape index (κ3) is 3.98. The van der Waals surface area contributed by atoms with Crippen LogP contribution < -0.4 is 10.1 Å². The third-order valence-electron chi connectivity index (χ3n) is 2.93. The molecule has 0 aliphatic heterocycles. The number of hydrogen-bond acceptors (Lipinski definition) is 3. The topological polar surface area (TPSA) is 39.1 Å². The molecule has 2 aromatic rings. The first-order valence-corrected chi connectivity index (χ1v) is 6.58. The number of nitrogens with one attached hydrogen (secondary N) is 1. The SMILES string of the molecule is COc1ccc(Cl)cc1CNC(C)Cn1ccnc1. The van der Waals surface area contributed by atoms with Crippen molar-refractivity contribution in [3.63, 3.8) is 0 Å². The minimum atomic E-state index is 0.331. The lowest BCUT2D eigenvalue weighted by Crippen LogP contribution is -2.29. The number of nitrogens with zero attached hydrogens (tertiary/aromatic N) is 2. The Hall–Kier alpha value is -1.52. The summed E-state index contributed by atoms with van der Waals surface area (Å²) in [7, 11) is 1.67. The highest BCUT2D eigenvalue weighted by molar-refractivity contribution is 6.30. The molecule has 1 aromatic heterocycles. The lowest BCUT2D eigenvalue weighted by Gasteiger charge is -2.16. The predicted molar refractivity (Wildman–Crippen MR) is 76.5 cm³/mol. The van der Waals surface area contributed by atoms with Gasteiger partial charge in [-0.05, 0) is 25.1 Å². The molecule has 0 aliphatic rings. The average molecular weight is 280 g/mol. The van der Waals surface area contributed by atoms with Crippen molar-refractivity contribution in [3.8, 4) is 5.75 Å². The summed E-state index contributed by atoms with van der Waals surface area (Å²) in [6, 6.07) is 5.98. The van der Waals surface area contributed by atoms with Gasteiger partial charge in [0.1, 0.15) is 5.75 Å². The quantitative estimate of drug-likeness (QED) is 0.884. The van der Waals surface area contributed by atoms with Crippen molar-refractivity contribution >= 4 is 11.6 Å². The first-order chi connectivity index (χ1) is 9.19. The molecule has 4 nitrogen and oxygen atoms in total. The van der Waals surface area contributed by atoms with Crippen LogP contribution in [-0.4, -0.2) is 22.7 Å². The maximum Gasteiger partial charge on any atom is 0.123 e. The Kier molecular flexibility index (Phi) is 4.82. The first kappa shape index (κ1) is 13.9. The Labute approximate surface area is 118 Å². The highest BCUT2D eigenvalue weighted by Gasteiger charge is 2.07. The van der Waals surface area contributed by atoms with Gasteiger partial charge in [0, 0.05) is 42.1 Å². The van der Waals surface area contributed by atoms with Gasteiger partial charge in [0.15, 0.2) is 0 Å². The van der Waals surface area contributed by atoms with Crippen molar-refractivity contribution in [1.29, 1.82) is 0 Å². The number of halogens is 1. The van der Waals surface area contributed by atoms with E-state index in [1.165, 1.54) is 0 Å². The van der Waals surface area contributed by atoms with Crippen LogP contribution in [0.1, 0.15) is 12.5 Å². The highest BCUT2D eigenvalue weighted by atomic mass is 35.5. The summed E-state index contributed by atoms with van der Waals surface area (Å²) in [6.07, 6.45) is 5.56. The van der Waals surface area contributed by atoms with Gasteiger partial charge in [0.05, 0.1) is 13.4 Å². The van der Waals surface area contributed by atoms with E-state index in [0.717, 1.165) is 29.4 Å².